The Morgan fingerprint density at radius 1 is 1.59 bits per heavy atom. The Balaban J connectivity index is 2.89. The lowest BCUT2D eigenvalue weighted by Crippen LogP contribution is -2.56. The molecule has 0 aromatic heterocycles. The second-order valence-corrected chi connectivity index (χ2v) is 5.61. The molecule has 0 saturated carbocycles. The maximum atomic E-state index is 11.6. The summed E-state index contributed by atoms with van der Waals surface area (Å²) in [5, 5.41) is 0. The summed E-state index contributed by atoms with van der Waals surface area (Å²) in [6.07, 6.45) is 3.20. The van der Waals surface area contributed by atoms with Crippen LogP contribution >= 0.6 is 0 Å². The van der Waals surface area contributed by atoms with Crippen LogP contribution in [-0.4, -0.2) is 31.3 Å². The molecule has 1 rings (SSSR count). The summed E-state index contributed by atoms with van der Waals surface area (Å²) in [6.45, 7) is 6.76. The fourth-order valence-corrected chi connectivity index (χ4v) is 2.60. The molecule has 100 valence electrons. The quantitative estimate of drug-likeness (QED) is 0.766. The zero-order valence-corrected chi connectivity index (χ0v) is 11.4. The number of ether oxygens (including phenoxy) is 2. The van der Waals surface area contributed by atoms with E-state index in [2.05, 4.69) is 6.92 Å². The molecule has 2 atom stereocenters. The van der Waals surface area contributed by atoms with Crippen molar-refractivity contribution in [2.45, 2.75) is 58.1 Å². The molecule has 0 aliphatic carbocycles. The van der Waals surface area contributed by atoms with Crippen molar-refractivity contribution in [2.24, 2.45) is 11.1 Å². The molecule has 2 N–H and O–H groups in total. The second-order valence-electron chi connectivity index (χ2n) is 5.61. The molecule has 0 amide bonds. The van der Waals surface area contributed by atoms with Gasteiger partial charge in [-0.2, -0.15) is 0 Å². The summed E-state index contributed by atoms with van der Waals surface area (Å²) in [4.78, 5) is 11.6. The van der Waals surface area contributed by atoms with Crippen LogP contribution in [0.25, 0.3) is 0 Å². The summed E-state index contributed by atoms with van der Waals surface area (Å²) in [7, 11) is 1.43. The number of nitrogens with two attached hydrogens (primary N) is 1. The first kappa shape index (κ1) is 14.5. The van der Waals surface area contributed by atoms with Crippen LogP contribution in [0.4, 0.5) is 0 Å². The minimum Gasteiger partial charge on any atom is -0.469 e. The minimum absolute atomic E-state index is 0.180. The van der Waals surface area contributed by atoms with Crippen molar-refractivity contribution in [3.05, 3.63) is 0 Å². The van der Waals surface area contributed by atoms with Gasteiger partial charge in [0.05, 0.1) is 19.6 Å². The fourth-order valence-electron chi connectivity index (χ4n) is 2.60. The first-order chi connectivity index (χ1) is 7.84. The summed E-state index contributed by atoms with van der Waals surface area (Å²) in [6, 6.07) is 0. The van der Waals surface area contributed by atoms with E-state index in [0.29, 0.717) is 13.0 Å². The Kier molecular flexibility index (Phi) is 4.55. The van der Waals surface area contributed by atoms with E-state index in [1.54, 1.807) is 0 Å². The van der Waals surface area contributed by atoms with Gasteiger partial charge in [-0.15, -0.1) is 0 Å². The maximum Gasteiger partial charge on any atom is 0.306 e. The van der Waals surface area contributed by atoms with Crippen molar-refractivity contribution in [2.75, 3.05) is 13.7 Å². The van der Waals surface area contributed by atoms with Gasteiger partial charge in [0.2, 0.25) is 0 Å². The zero-order valence-electron chi connectivity index (χ0n) is 11.4. The predicted octanol–water partition coefficient (Wildman–Crippen LogP) is 1.86. The summed E-state index contributed by atoms with van der Waals surface area (Å²) < 4.78 is 10.5. The Bertz CT molecular complexity index is 272. The molecular formula is C13H25NO3. The molecule has 17 heavy (non-hydrogen) atoms. The van der Waals surface area contributed by atoms with Gasteiger partial charge in [0.1, 0.15) is 0 Å². The number of hydrogen-bond donors (Lipinski definition) is 1. The Hall–Kier alpha value is -0.610. The molecule has 0 aromatic carbocycles. The Morgan fingerprint density at radius 3 is 2.71 bits per heavy atom. The van der Waals surface area contributed by atoms with E-state index in [4.69, 9.17) is 15.2 Å². The molecule has 1 heterocycles. The minimum atomic E-state index is -0.404. The van der Waals surface area contributed by atoms with E-state index in [0.717, 1.165) is 19.3 Å². The van der Waals surface area contributed by atoms with Gasteiger partial charge in [-0.05, 0) is 33.1 Å². The highest BCUT2D eigenvalue weighted by Gasteiger charge is 2.47. The van der Waals surface area contributed by atoms with E-state index in [-0.39, 0.29) is 17.5 Å². The zero-order chi connectivity index (χ0) is 13.1. The third kappa shape index (κ3) is 3.19. The van der Waals surface area contributed by atoms with Crippen LogP contribution in [-0.2, 0) is 14.3 Å². The van der Waals surface area contributed by atoms with E-state index in [9.17, 15) is 4.79 Å². The first-order valence-corrected chi connectivity index (χ1v) is 6.32. The van der Waals surface area contributed by atoms with Crippen LogP contribution in [0.15, 0.2) is 0 Å². The monoisotopic (exact) mass is 243 g/mol. The topological polar surface area (TPSA) is 61.5 Å². The molecule has 1 aliphatic heterocycles. The highest BCUT2D eigenvalue weighted by atomic mass is 16.5. The molecule has 4 heteroatoms. The van der Waals surface area contributed by atoms with Crippen molar-refractivity contribution in [1.29, 1.82) is 0 Å². The van der Waals surface area contributed by atoms with Crippen LogP contribution in [0.1, 0.15) is 46.5 Å². The normalized spacial score (nSPS) is 30.1. The van der Waals surface area contributed by atoms with Crippen molar-refractivity contribution in [1.82, 2.24) is 0 Å². The number of esters is 1. The van der Waals surface area contributed by atoms with Crippen molar-refractivity contribution < 1.29 is 14.3 Å². The third-order valence-electron chi connectivity index (χ3n) is 4.09. The Morgan fingerprint density at radius 2 is 2.24 bits per heavy atom. The van der Waals surface area contributed by atoms with Gasteiger partial charge >= 0.3 is 5.97 Å². The second kappa shape index (κ2) is 5.36. The van der Waals surface area contributed by atoms with Crippen molar-refractivity contribution in [3.8, 4) is 0 Å². The summed E-state index contributed by atoms with van der Waals surface area (Å²) in [5.74, 6) is -0.180. The molecule has 2 unspecified atom stereocenters. The summed E-state index contributed by atoms with van der Waals surface area (Å²) in [5.41, 5.74) is 5.69. The van der Waals surface area contributed by atoms with Crippen LogP contribution in [0.3, 0.4) is 0 Å². The molecule has 1 aliphatic rings. The van der Waals surface area contributed by atoms with E-state index in [1.165, 1.54) is 7.11 Å². The number of carbonyl (C=O) groups is 1. The molecule has 0 radical (unpaired) electrons. The summed E-state index contributed by atoms with van der Waals surface area (Å²) >= 11 is 0. The standard InChI is InChI=1S/C13H25NO3/c1-5-10-8-13(6-7-17-10,12(2,3)14)9-11(15)16-4/h10H,5-9,14H2,1-4H3. The van der Waals surface area contributed by atoms with E-state index < -0.39 is 5.54 Å². The van der Waals surface area contributed by atoms with Gasteiger partial charge in [-0.25, -0.2) is 0 Å². The third-order valence-corrected chi connectivity index (χ3v) is 4.09. The number of carbonyl (C=O) groups excluding carboxylic acids is 1. The molecule has 1 saturated heterocycles. The van der Waals surface area contributed by atoms with Gasteiger partial charge in [-0.1, -0.05) is 6.92 Å². The number of hydrogen-bond acceptors (Lipinski definition) is 4. The molecular weight excluding hydrogens is 218 g/mol. The predicted molar refractivity (Wildman–Crippen MR) is 66.6 cm³/mol. The van der Waals surface area contributed by atoms with Gasteiger partial charge in [0, 0.05) is 17.6 Å². The van der Waals surface area contributed by atoms with E-state index >= 15 is 0 Å². The van der Waals surface area contributed by atoms with Gasteiger partial charge in [-0.3, -0.25) is 4.79 Å². The van der Waals surface area contributed by atoms with E-state index in [1.807, 2.05) is 13.8 Å². The highest BCUT2D eigenvalue weighted by Crippen LogP contribution is 2.45. The number of methoxy groups -OCH3 is 1. The smallest absolute Gasteiger partial charge is 0.306 e. The van der Waals surface area contributed by atoms with Gasteiger partial charge in [0.15, 0.2) is 0 Å². The average Bonchev–Trinajstić information content (AvgIpc) is 2.27. The van der Waals surface area contributed by atoms with Gasteiger partial charge in [0.25, 0.3) is 0 Å². The maximum absolute atomic E-state index is 11.6. The van der Waals surface area contributed by atoms with Crippen LogP contribution in [0.2, 0.25) is 0 Å². The lowest BCUT2D eigenvalue weighted by molar-refractivity contribution is -0.149. The molecule has 0 bridgehead atoms. The Labute approximate surface area is 104 Å². The molecule has 1 fully saturated rings. The van der Waals surface area contributed by atoms with Crippen LogP contribution in [0.5, 0.6) is 0 Å². The number of rotatable bonds is 4. The SMILES string of the molecule is CCC1CC(CC(=O)OC)(C(C)(C)N)CCO1. The van der Waals surface area contributed by atoms with Crippen molar-refractivity contribution in [3.63, 3.8) is 0 Å². The van der Waals surface area contributed by atoms with Gasteiger partial charge < -0.3 is 15.2 Å². The lowest BCUT2D eigenvalue weighted by Gasteiger charge is -2.48. The largest absolute Gasteiger partial charge is 0.469 e. The fraction of sp³-hybridized carbons (Fsp3) is 0.923. The lowest BCUT2D eigenvalue weighted by atomic mass is 9.63. The van der Waals surface area contributed by atoms with Crippen LogP contribution in [0, 0.1) is 5.41 Å². The van der Waals surface area contributed by atoms with Crippen molar-refractivity contribution >= 4 is 5.97 Å². The first-order valence-electron chi connectivity index (χ1n) is 6.32. The highest BCUT2D eigenvalue weighted by molar-refractivity contribution is 5.70. The average molecular weight is 243 g/mol. The molecule has 0 aromatic rings. The molecule has 0 spiro atoms. The van der Waals surface area contributed by atoms with Crippen LogP contribution < -0.4 is 5.73 Å². The molecule has 4 nitrogen and oxygen atoms in total.